The van der Waals surface area contributed by atoms with Crippen LogP contribution in [0.5, 0.6) is 0 Å². The van der Waals surface area contributed by atoms with E-state index in [1.807, 2.05) is 145 Å². The molecule has 4 rings (SSSR count). The molecule has 3 aromatic rings. The molecule has 26 unspecified atom stereocenters. The predicted molar refractivity (Wildman–Crippen MR) is 584 cm³/mol. The highest BCUT2D eigenvalue weighted by molar-refractivity contribution is 9.39. The van der Waals surface area contributed by atoms with Crippen LogP contribution in [0, 0.1) is 0 Å². The van der Waals surface area contributed by atoms with Gasteiger partial charge in [-0.2, -0.15) is 0 Å². The Morgan fingerprint density at radius 1 is 0.455 bits per heavy atom. The van der Waals surface area contributed by atoms with Gasteiger partial charge in [0.1, 0.15) is 13.3 Å². The molecule has 1 N–H and O–H groups in total. The molecule has 0 aromatic heterocycles. The van der Waals surface area contributed by atoms with Gasteiger partial charge in [0, 0.05) is 50.6 Å². The highest BCUT2D eigenvalue weighted by Gasteiger charge is 2.45. The largest absolute Gasteiger partial charge is 0.388 e. The molecule has 0 radical (unpaired) electrons. The summed E-state index contributed by atoms with van der Waals surface area (Å²) < 4.78 is 2.08. The van der Waals surface area contributed by atoms with E-state index in [4.69, 9.17) is 0 Å². The molecule has 526 valence electrons. The summed E-state index contributed by atoms with van der Waals surface area (Å²) in [5, 5.41) is 3.03. The summed E-state index contributed by atoms with van der Waals surface area (Å²) in [7, 11) is 80.3. The van der Waals surface area contributed by atoms with E-state index in [1.54, 1.807) is 0 Å². The lowest BCUT2D eigenvalue weighted by molar-refractivity contribution is -0.400. The summed E-state index contributed by atoms with van der Waals surface area (Å²) in [5.74, 6) is 0. The minimum atomic E-state index is 0. The molecular weight excluding hydrogens is 1880 g/mol. The van der Waals surface area contributed by atoms with Crippen molar-refractivity contribution in [3.8, 4) is 0 Å². The number of benzene rings is 3. The van der Waals surface area contributed by atoms with Gasteiger partial charge in [0.25, 0.3) is 0 Å². The lowest BCUT2D eigenvalue weighted by Crippen LogP contribution is -2.33. The third-order valence-corrected chi connectivity index (χ3v) is 278. The summed E-state index contributed by atoms with van der Waals surface area (Å²) in [5.41, 5.74) is 5.30. The second kappa shape index (κ2) is 83.1. The number of hydrogen-bond donors (Lipinski definition) is 1. The average Bonchev–Trinajstić information content (AvgIpc) is 3.47. The van der Waals surface area contributed by atoms with Crippen molar-refractivity contribution < 1.29 is 4.58 Å². The number of anilines is 2. The normalized spacial score (nSPS) is 12.7. The topological polar surface area (TPSA) is 18.3 Å². The summed E-state index contributed by atoms with van der Waals surface area (Å²) in [6.07, 6.45) is 4.56. The van der Waals surface area contributed by atoms with E-state index in [2.05, 4.69) is 284 Å². The van der Waals surface area contributed by atoms with Crippen molar-refractivity contribution in [1.29, 1.82) is 0 Å². The molecule has 0 aliphatic carbocycles. The molecule has 1 aliphatic rings. The molecule has 0 saturated carbocycles. The minimum absolute atomic E-state index is 0. The summed E-state index contributed by atoms with van der Waals surface area (Å²) in [6.45, 7) is 31.6. The minimum Gasteiger partial charge on any atom is -0.388 e. The standard InChI is InChI=1S/C11H15N.C9H12N.C7H9N.5C2H6.C2H4.3CH4.H24P22.H23P21/c1-9-7-8-10-5-3-4-6-11(10)12(9)2;1-3-10(2)9-7-5-4-6-8-9;1-8-7-5-3-2-4-6-7;6*1-2;;;;1-13(2)19(14(3)4)22(20(15(5)6)16(7)8)21(17(9)10)18(11)12;1-12-18(13(2)3)21(19(14(4)5)15(6)7)20(16(8)9)17(10)11/h3-6,9H,7-8H2,1-2H3;3-8H,1-2H3;2-6,8H,1H3;5*1-2H3;1-2H2;3*1H4;1-12H2;12H,1-11H2/q;+1;;;;;;;;;;;;. The van der Waals surface area contributed by atoms with E-state index in [1.165, 1.54) is 29.8 Å². The van der Waals surface area contributed by atoms with Gasteiger partial charge in [-0.05, 0) is 176 Å². The Labute approximate surface area is 626 Å². The SMILES string of the molecule is C.C.C.C=C.CC.CC.CC.CC.CC.CC1CCc2ccccc2N1C.CC=[N+](C)c1ccccc1.CNc1ccccc1.PP(P)P(P(P)P)P(P(P(P)P)P(P)P)P(P(P)P)P(P)P.PPP(P(P)P)P(P(P(P)P)P(P)P)P(P(P)P)P(P)P. The molecule has 88 heavy (non-hydrogen) atoms. The first-order chi connectivity index (χ1) is 40.0. The maximum atomic E-state index is 3.19. The Balaban J connectivity index is -0.000000106. The van der Waals surface area contributed by atoms with Crippen LogP contribution in [0.2, 0.25) is 0 Å². The van der Waals surface area contributed by atoms with E-state index in [9.17, 15) is 0 Å². The van der Waals surface area contributed by atoms with Crippen molar-refractivity contribution in [3.63, 3.8) is 0 Å². The van der Waals surface area contributed by atoms with Crippen LogP contribution < -0.4 is 10.2 Å². The van der Waals surface area contributed by atoms with Gasteiger partial charge in [-0.3, -0.25) is 0 Å². The van der Waals surface area contributed by atoms with Crippen LogP contribution in [0.3, 0.4) is 0 Å². The van der Waals surface area contributed by atoms with Crippen LogP contribution in [0.1, 0.15) is 117 Å². The first kappa shape index (κ1) is 124. The second-order valence-corrected chi connectivity index (χ2v) is 182. The van der Waals surface area contributed by atoms with Gasteiger partial charge in [0.2, 0.25) is 5.69 Å². The Hall–Kier alpha value is 15.2. The lowest BCUT2D eigenvalue weighted by Gasteiger charge is -2.47. The fraction of sp³-hybridized carbons (Fsp3) is 0.500. The first-order valence-electron chi connectivity index (χ1n) is 25.8. The molecule has 0 bridgehead atoms. The zero-order chi connectivity index (χ0) is 68.4. The van der Waals surface area contributed by atoms with Crippen molar-refractivity contribution in [2.24, 2.45) is 0 Å². The molecule has 0 amide bonds. The molecule has 3 aromatic carbocycles. The number of nitrogens with zero attached hydrogens (tertiary/aromatic N) is 2. The average molecular weight is 2010 g/mol. The van der Waals surface area contributed by atoms with Gasteiger partial charge < -0.3 is 10.2 Å². The van der Waals surface area contributed by atoms with Gasteiger partial charge in [0.05, 0.1) is 0 Å². The zero-order valence-electron chi connectivity index (χ0n) is 52.7. The zero-order valence-corrected chi connectivity index (χ0v) is 97.3. The molecule has 3 nitrogen and oxygen atoms in total. The second-order valence-electron chi connectivity index (χ2n) is 13.9. The molecule has 26 atom stereocenters. The highest BCUT2D eigenvalue weighted by Crippen LogP contribution is 3.33. The maximum Gasteiger partial charge on any atom is 0.204 e. The van der Waals surface area contributed by atoms with Crippen molar-refractivity contribution >= 4 is 369 Å². The molecule has 1 heterocycles. The Morgan fingerprint density at radius 2 is 0.727 bits per heavy atom. The van der Waals surface area contributed by atoms with E-state index in [0.717, 1.165) is 13.6 Å². The number of aryl methyl sites for hydroxylation is 1. The number of rotatable bonds is 20. The van der Waals surface area contributed by atoms with E-state index >= 15 is 0 Å². The Bertz CT molecular complexity index is 1810. The van der Waals surface area contributed by atoms with Crippen LogP contribution in [0.25, 0.3) is 0 Å². The summed E-state index contributed by atoms with van der Waals surface area (Å²) in [4.78, 5) is 2.37. The quantitative estimate of drug-likeness (QED) is 0.0526. The van der Waals surface area contributed by atoms with Crippen LogP contribution in [-0.2, 0) is 6.42 Å². The van der Waals surface area contributed by atoms with Crippen LogP contribution in [0.4, 0.5) is 17.1 Å². The highest BCUT2D eigenvalue weighted by atomic mass is 33.4. The van der Waals surface area contributed by atoms with Crippen LogP contribution in [-0.4, -0.2) is 38.0 Å². The number of nitrogens with one attached hydrogen (secondary N) is 1. The van der Waals surface area contributed by atoms with Gasteiger partial charge in [-0.25, -0.2) is 4.58 Å². The first-order valence-corrected chi connectivity index (χ1v) is 103. The Kier molecular flexibility index (Phi) is 117. The van der Waals surface area contributed by atoms with Crippen LogP contribution in [0.15, 0.2) is 98.1 Å². The maximum absolute atomic E-state index is 3.19. The molecule has 0 spiro atoms. The van der Waals surface area contributed by atoms with Crippen molar-refractivity contribution in [2.75, 3.05) is 31.4 Å². The lowest BCUT2D eigenvalue weighted by atomic mass is 9.97. The molecule has 0 saturated heterocycles. The summed E-state index contributed by atoms with van der Waals surface area (Å²) >= 11 is 0. The van der Waals surface area contributed by atoms with Gasteiger partial charge in [-0.1, -0.05) is 154 Å². The molecular formula is C42H129N3P43+. The fourth-order valence-corrected chi connectivity index (χ4v) is 530. The van der Waals surface area contributed by atoms with Crippen molar-refractivity contribution in [1.82, 2.24) is 0 Å². The van der Waals surface area contributed by atoms with Gasteiger partial charge in [-0.15, -0.1) is 219 Å². The summed E-state index contributed by atoms with van der Waals surface area (Å²) in [6, 6.07) is 29.7. The van der Waals surface area contributed by atoms with Gasteiger partial charge in [0.15, 0.2) is 0 Å². The smallest absolute Gasteiger partial charge is 0.204 e. The van der Waals surface area contributed by atoms with Gasteiger partial charge >= 0.3 is 0 Å². The predicted octanol–water partition coefficient (Wildman–Crippen LogP) is 38.5. The van der Waals surface area contributed by atoms with E-state index < -0.39 is 0 Å². The van der Waals surface area contributed by atoms with E-state index in [0.29, 0.717) is 6.04 Å². The number of para-hydroxylation sites is 3. The Morgan fingerprint density at radius 3 is 0.977 bits per heavy atom. The molecule has 1 aliphatic heterocycles. The number of fused-ring (bicyclic) bond motifs is 1. The number of hydrogen-bond acceptors (Lipinski definition) is 2. The van der Waals surface area contributed by atoms with Crippen molar-refractivity contribution in [2.45, 2.75) is 124 Å². The molecule has 0 fully saturated rings. The fourth-order valence-electron chi connectivity index (χ4n) is 5.45. The monoisotopic (exact) mass is 2010 g/mol. The van der Waals surface area contributed by atoms with Crippen LogP contribution >= 0.6 is 346 Å². The third-order valence-electron chi connectivity index (χ3n) is 8.85. The third kappa shape index (κ3) is 57.2. The van der Waals surface area contributed by atoms with E-state index in [-0.39, 0.29) is 155 Å². The molecule has 46 heteroatoms. The van der Waals surface area contributed by atoms with Crippen molar-refractivity contribution in [3.05, 3.63) is 104 Å².